The van der Waals surface area contributed by atoms with Crippen LogP contribution in [0.15, 0.2) is 47.4 Å². The van der Waals surface area contributed by atoms with Gasteiger partial charge < -0.3 is 0 Å². The van der Waals surface area contributed by atoms with Crippen LogP contribution in [-0.4, -0.2) is 43.8 Å². The van der Waals surface area contributed by atoms with Crippen molar-refractivity contribution in [3.05, 3.63) is 65.0 Å². The number of hydrogen-bond acceptors (Lipinski definition) is 4. The van der Waals surface area contributed by atoms with E-state index in [-0.39, 0.29) is 4.90 Å². The maximum absolute atomic E-state index is 13.3. The van der Waals surface area contributed by atoms with Crippen molar-refractivity contribution in [1.29, 1.82) is 5.26 Å². The maximum atomic E-state index is 13.3. The highest BCUT2D eigenvalue weighted by molar-refractivity contribution is 7.89. The fourth-order valence-corrected chi connectivity index (χ4v) is 4.74. The van der Waals surface area contributed by atoms with Crippen molar-refractivity contribution in [2.24, 2.45) is 0 Å². The molecule has 7 heteroatoms. The van der Waals surface area contributed by atoms with Gasteiger partial charge in [0, 0.05) is 32.7 Å². The minimum Gasteiger partial charge on any atom is -0.296 e. The first-order valence-corrected chi connectivity index (χ1v) is 9.82. The normalized spacial score (nSPS) is 16.3. The fraction of sp³-hybridized carbons (Fsp3) is 0.316. The summed E-state index contributed by atoms with van der Waals surface area (Å²) in [5, 5.41) is 8.84. The lowest BCUT2D eigenvalue weighted by atomic mass is 10.1. The van der Waals surface area contributed by atoms with Crippen molar-refractivity contribution in [3.8, 4) is 6.07 Å². The molecule has 1 aliphatic rings. The molecule has 0 radical (unpaired) electrons. The zero-order valence-electron chi connectivity index (χ0n) is 14.5. The molecular weight excluding hydrogens is 353 g/mol. The molecule has 1 fully saturated rings. The number of piperazine rings is 1. The van der Waals surface area contributed by atoms with Crippen LogP contribution in [0.3, 0.4) is 0 Å². The second-order valence-electron chi connectivity index (χ2n) is 6.40. The average molecular weight is 373 g/mol. The average Bonchev–Trinajstić information content (AvgIpc) is 2.62. The third kappa shape index (κ3) is 3.93. The second kappa shape index (κ2) is 7.54. The van der Waals surface area contributed by atoms with Crippen LogP contribution >= 0.6 is 0 Å². The molecule has 1 aliphatic heterocycles. The molecular formula is C19H20FN3O2S. The minimum absolute atomic E-state index is 0.166. The molecule has 0 amide bonds. The van der Waals surface area contributed by atoms with Gasteiger partial charge in [0.2, 0.25) is 10.0 Å². The molecule has 3 rings (SSSR count). The van der Waals surface area contributed by atoms with Crippen LogP contribution in [0.2, 0.25) is 0 Å². The summed E-state index contributed by atoms with van der Waals surface area (Å²) >= 11 is 0. The minimum atomic E-state index is -3.61. The largest absolute Gasteiger partial charge is 0.296 e. The lowest BCUT2D eigenvalue weighted by Gasteiger charge is -2.34. The molecule has 0 aromatic heterocycles. The van der Waals surface area contributed by atoms with Gasteiger partial charge in [-0.25, -0.2) is 12.8 Å². The number of rotatable bonds is 4. The Kier molecular flexibility index (Phi) is 5.37. The number of hydrogen-bond donors (Lipinski definition) is 0. The third-order valence-corrected chi connectivity index (χ3v) is 6.63. The number of sulfonamides is 1. The highest BCUT2D eigenvalue weighted by Crippen LogP contribution is 2.22. The fourth-order valence-electron chi connectivity index (χ4n) is 3.11. The lowest BCUT2D eigenvalue weighted by molar-refractivity contribution is 0.181. The van der Waals surface area contributed by atoms with Gasteiger partial charge >= 0.3 is 0 Å². The van der Waals surface area contributed by atoms with Crippen LogP contribution in [0.5, 0.6) is 0 Å². The van der Waals surface area contributed by atoms with E-state index in [4.69, 9.17) is 5.26 Å². The molecule has 2 aromatic carbocycles. The molecule has 1 heterocycles. The standard InChI is InChI=1S/C19H20FN3O2S/c1-15-12-18(20)6-7-19(15)26(24,25)23-10-8-22(9-11-23)14-17-4-2-16(13-21)3-5-17/h2-7,12H,8-11,14H2,1H3. The summed E-state index contributed by atoms with van der Waals surface area (Å²) in [6.45, 7) is 4.37. The summed E-state index contributed by atoms with van der Waals surface area (Å²) in [5.74, 6) is -0.436. The SMILES string of the molecule is Cc1cc(F)ccc1S(=O)(=O)N1CCN(Cc2ccc(C#N)cc2)CC1. The van der Waals surface area contributed by atoms with Gasteiger partial charge in [0.25, 0.3) is 0 Å². The lowest BCUT2D eigenvalue weighted by Crippen LogP contribution is -2.48. The molecule has 136 valence electrons. The van der Waals surface area contributed by atoms with Gasteiger partial charge in [-0.3, -0.25) is 4.90 Å². The quantitative estimate of drug-likeness (QED) is 0.826. The number of benzene rings is 2. The molecule has 0 N–H and O–H groups in total. The number of halogens is 1. The van der Waals surface area contributed by atoms with E-state index in [2.05, 4.69) is 11.0 Å². The maximum Gasteiger partial charge on any atom is 0.243 e. The Balaban J connectivity index is 1.64. The van der Waals surface area contributed by atoms with Gasteiger partial charge in [-0.1, -0.05) is 12.1 Å². The first-order valence-electron chi connectivity index (χ1n) is 8.38. The first kappa shape index (κ1) is 18.5. The summed E-state index contributed by atoms with van der Waals surface area (Å²) in [7, 11) is -3.61. The van der Waals surface area contributed by atoms with Crippen LogP contribution in [0, 0.1) is 24.1 Å². The highest BCUT2D eigenvalue weighted by Gasteiger charge is 2.29. The predicted octanol–water partition coefficient (Wildman–Crippen LogP) is 2.51. The topological polar surface area (TPSA) is 64.4 Å². The van der Waals surface area contributed by atoms with Crippen molar-refractivity contribution in [1.82, 2.24) is 9.21 Å². The predicted molar refractivity (Wildman–Crippen MR) is 96.3 cm³/mol. The molecule has 0 spiro atoms. The van der Waals surface area contributed by atoms with E-state index in [0.29, 0.717) is 37.3 Å². The zero-order valence-corrected chi connectivity index (χ0v) is 15.3. The summed E-state index contributed by atoms with van der Waals surface area (Å²) < 4.78 is 40.3. The molecule has 2 aromatic rings. The van der Waals surface area contributed by atoms with Crippen molar-refractivity contribution < 1.29 is 12.8 Å². The number of nitrogens with zero attached hydrogens (tertiary/aromatic N) is 3. The molecule has 0 bridgehead atoms. The summed E-state index contributed by atoms with van der Waals surface area (Å²) in [6.07, 6.45) is 0. The van der Waals surface area contributed by atoms with Crippen molar-refractivity contribution in [2.75, 3.05) is 26.2 Å². The van der Waals surface area contributed by atoms with Crippen LogP contribution in [0.4, 0.5) is 4.39 Å². The van der Waals surface area contributed by atoms with E-state index in [1.54, 1.807) is 19.1 Å². The van der Waals surface area contributed by atoms with Crippen molar-refractivity contribution >= 4 is 10.0 Å². The highest BCUT2D eigenvalue weighted by atomic mass is 32.2. The Labute approximate surface area is 153 Å². The summed E-state index contributed by atoms with van der Waals surface area (Å²) in [5.41, 5.74) is 2.14. The third-order valence-electron chi connectivity index (χ3n) is 4.58. The zero-order chi connectivity index (χ0) is 18.7. The van der Waals surface area contributed by atoms with E-state index >= 15 is 0 Å². The van der Waals surface area contributed by atoms with Gasteiger partial charge in [0.15, 0.2) is 0 Å². The Hall–Kier alpha value is -2.27. The van der Waals surface area contributed by atoms with Gasteiger partial charge in [0.05, 0.1) is 16.5 Å². The van der Waals surface area contributed by atoms with Crippen LogP contribution in [0.1, 0.15) is 16.7 Å². The van der Waals surface area contributed by atoms with Crippen LogP contribution in [0.25, 0.3) is 0 Å². The van der Waals surface area contributed by atoms with Gasteiger partial charge in [-0.05, 0) is 48.4 Å². The molecule has 0 atom stereocenters. The van der Waals surface area contributed by atoms with Gasteiger partial charge in [0.1, 0.15) is 5.82 Å². The number of aryl methyl sites for hydroxylation is 1. The van der Waals surface area contributed by atoms with Crippen molar-refractivity contribution in [3.63, 3.8) is 0 Å². The molecule has 0 unspecified atom stereocenters. The molecule has 5 nitrogen and oxygen atoms in total. The van der Waals surface area contributed by atoms with Crippen LogP contribution in [-0.2, 0) is 16.6 Å². The summed E-state index contributed by atoms with van der Waals surface area (Å²) in [4.78, 5) is 2.35. The first-order chi connectivity index (χ1) is 12.4. The summed E-state index contributed by atoms with van der Waals surface area (Å²) in [6, 6.07) is 13.3. The van der Waals surface area contributed by atoms with E-state index in [1.807, 2.05) is 12.1 Å². The van der Waals surface area contributed by atoms with E-state index in [9.17, 15) is 12.8 Å². The smallest absolute Gasteiger partial charge is 0.243 e. The van der Waals surface area contributed by atoms with Crippen molar-refractivity contribution in [2.45, 2.75) is 18.4 Å². The van der Waals surface area contributed by atoms with Gasteiger partial charge in [-0.15, -0.1) is 0 Å². The van der Waals surface area contributed by atoms with Crippen LogP contribution < -0.4 is 0 Å². The molecule has 26 heavy (non-hydrogen) atoms. The monoisotopic (exact) mass is 373 g/mol. The van der Waals surface area contributed by atoms with Gasteiger partial charge in [-0.2, -0.15) is 9.57 Å². The van der Waals surface area contributed by atoms with E-state index in [1.165, 1.54) is 22.5 Å². The Bertz CT molecular complexity index is 928. The molecule has 1 saturated heterocycles. The van der Waals surface area contributed by atoms with E-state index < -0.39 is 15.8 Å². The Morgan fingerprint density at radius 3 is 2.31 bits per heavy atom. The van der Waals surface area contributed by atoms with E-state index in [0.717, 1.165) is 12.1 Å². The Morgan fingerprint density at radius 2 is 1.73 bits per heavy atom. The molecule has 0 saturated carbocycles. The number of nitriles is 1. The Morgan fingerprint density at radius 1 is 1.08 bits per heavy atom. The second-order valence-corrected chi connectivity index (χ2v) is 8.31. The molecule has 0 aliphatic carbocycles.